The molecule has 1 aliphatic carbocycles. The fraction of sp³-hybridized carbons (Fsp3) is 0.517. The van der Waals surface area contributed by atoms with E-state index in [0.29, 0.717) is 35.7 Å². The van der Waals surface area contributed by atoms with Crippen molar-refractivity contribution in [1.82, 2.24) is 9.62 Å². The van der Waals surface area contributed by atoms with Crippen molar-refractivity contribution in [3.8, 4) is 0 Å². The first-order chi connectivity index (χ1) is 18.3. The normalized spacial score (nSPS) is 25.3. The summed E-state index contributed by atoms with van der Waals surface area (Å²) >= 11 is 12.6. The number of sulfonamides is 1. The molecule has 2 aromatic carbocycles. The average molecular weight is 596 g/mol. The molecule has 1 N–H and O–H groups in total. The van der Waals surface area contributed by atoms with Gasteiger partial charge in [0.25, 0.3) is 0 Å². The van der Waals surface area contributed by atoms with Gasteiger partial charge in [0.15, 0.2) is 0 Å². The van der Waals surface area contributed by atoms with E-state index in [0.717, 1.165) is 11.1 Å². The van der Waals surface area contributed by atoms with Crippen molar-refractivity contribution in [1.29, 1.82) is 0 Å². The van der Waals surface area contributed by atoms with Crippen molar-refractivity contribution in [2.75, 3.05) is 13.7 Å². The zero-order valence-electron chi connectivity index (χ0n) is 22.7. The molecule has 1 heterocycles. The van der Waals surface area contributed by atoms with Gasteiger partial charge in [-0.3, -0.25) is 9.59 Å². The van der Waals surface area contributed by atoms with E-state index in [4.69, 9.17) is 27.9 Å². The van der Waals surface area contributed by atoms with Crippen LogP contribution in [0, 0.1) is 5.41 Å². The first-order valence-corrected chi connectivity index (χ1v) is 15.5. The van der Waals surface area contributed by atoms with E-state index in [1.165, 1.54) is 7.11 Å². The lowest BCUT2D eigenvalue weighted by Crippen LogP contribution is -2.58. The number of carbonyl (C=O) groups excluding carboxylic acids is 2. The van der Waals surface area contributed by atoms with Gasteiger partial charge in [-0.05, 0) is 68.0 Å². The Hall–Kier alpha value is -2.13. The van der Waals surface area contributed by atoms with Crippen LogP contribution in [0.4, 0.5) is 0 Å². The Morgan fingerprint density at radius 3 is 2.33 bits per heavy atom. The van der Waals surface area contributed by atoms with Crippen LogP contribution in [0.15, 0.2) is 48.5 Å². The van der Waals surface area contributed by atoms with Gasteiger partial charge in [0.05, 0.1) is 29.7 Å². The second-order valence-electron chi connectivity index (χ2n) is 11.3. The van der Waals surface area contributed by atoms with Gasteiger partial charge in [-0.15, -0.1) is 0 Å². The molecule has 0 spiro atoms. The number of rotatable bonds is 10. The van der Waals surface area contributed by atoms with Crippen LogP contribution in [0.1, 0.15) is 76.0 Å². The Morgan fingerprint density at radius 1 is 1.10 bits per heavy atom. The largest absolute Gasteiger partial charge is 0.469 e. The van der Waals surface area contributed by atoms with E-state index in [1.54, 1.807) is 36.9 Å². The van der Waals surface area contributed by atoms with Gasteiger partial charge in [-0.25, -0.2) is 13.1 Å². The van der Waals surface area contributed by atoms with Crippen LogP contribution in [0.3, 0.4) is 0 Å². The van der Waals surface area contributed by atoms with Crippen LogP contribution in [0.5, 0.6) is 0 Å². The summed E-state index contributed by atoms with van der Waals surface area (Å²) < 4.78 is 33.0. The zero-order valence-corrected chi connectivity index (χ0v) is 25.1. The highest BCUT2D eigenvalue weighted by Gasteiger charge is 2.53. The number of hydrogen-bond donors (Lipinski definition) is 1. The molecule has 1 saturated carbocycles. The van der Waals surface area contributed by atoms with Crippen molar-refractivity contribution in [3.05, 3.63) is 69.7 Å². The molecule has 10 heteroatoms. The van der Waals surface area contributed by atoms with Gasteiger partial charge in [0.1, 0.15) is 0 Å². The van der Waals surface area contributed by atoms with Crippen LogP contribution in [0.2, 0.25) is 10.0 Å². The monoisotopic (exact) mass is 594 g/mol. The molecule has 7 nitrogen and oxygen atoms in total. The lowest BCUT2D eigenvalue weighted by Gasteiger charge is -2.52. The fourth-order valence-electron chi connectivity index (χ4n) is 5.60. The molecule has 1 aliphatic heterocycles. The van der Waals surface area contributed by atoms with Crippen LogP contribution >= 0.6 is 23.2 Å². The Kier molecular flexibility index (Phi) is 8.72. The molecule has 39 heavy (non-hydrogen) atoms. The van der Waals surface area contributed by atoms with E-state index >= 15 is 0 Å². The van der Waals surface area contributed by atoms with Crippen LogP contribution in [-0.4, -0.2) is 49.6 Å². The first-order valence-electron chi connectivity index (χ1n) is 13.2. The number of nitrogens with zero attached hydrogens (tertiary/aromatic N) is 1. The molecule has 4 rings (SSSR count). The number of methoxy groups -OCH3 is 1. The Labute approximate surface area is 241 Å². The zero-order chi connectivity index (χ0) is 28.6. The molecule has 2 aliphatic rings. The third kappa shape index (κ3) is 6.14. The molecule has 0 aromatic heterocycles. The number of piperidine rings is 1. The van der Waals surface area contributed by atoms with E-state index in [9.17, 15) is 18.0 Å². The van der Waals surface area contributed by atoms with Crippen molar-refractivity contribution < 1.29 is 22.7 Å². The Morgan fingerprint density at radius 2 is 1.77 bits per heavy atom. The number of benzene rings is 2. The van der Waals surface area contributed by atoms with Crippen LogP contribution in [-0.2, 0) is 24.3 Å². The number of hydrogen-bond acceptors (Lipinski definition) is 5. The van der Waals surface area contributed by atoms with Gasteiger partial charge in [-0.2, -0.15) is 0 Å². The summed E-state index contributed by atoms with van der Waals surface area (Å²) in [6.07, 6.45) is 2.02. The van der Waals surface area contributed by atoms with Crippen LogP contribution < -0.4 is 4.72 Å². The van der Waals surface area contributed by atoms with Gasteiger partial charge >= 0.3 is 5.97 Å². The van der Waals surface area contributed by atoms with E-state index in [-0.39, 0.29) is 24.8 Å². The number of carbonyl (C=O) groups is 2. The lowest BCUT2D eigenvalue weighted by molar-refractivity contribution is -0.161. The van der Waals surface area contributed by atoms with Crippen molar-refractivity contribution >= 4 is 45.1 Å². The van der Waals surface area contributed by atoms with Crippen molar-refractivity contribution in [3.63, 3.8) is 0 Å². The van der Waals surface area contributed by atoms with Gasteiger partial charge in [-0.1, -0.05) is 61.3 Å². The average Bonchev–Trinajstić information content (AvgIpc) is 3.66. The predicted molar refractivity (Wildman–Crippen MR) is 153 cm³/mol. The molecule has 1 saturated heterocycles. The second-order valence-corrected chi connectivity index (χ2v) is 14.4. The molecule has 0 bridgehead atoms. The van der Waals surface area contributed by atoms with Gasteiger partial charge in [0, 0.05) is 28.5 Å². The van der Waals surface area contributed by atoms with Crippen LogP contribution in [0.25, 0.3) is 0 Å². The SMILES string of the molecule is CCC(CNS(=O)(=O)C1(C)CC1)N1C(=O)C(C)(CC(=O)OC)CC(c2cccc(Cl)c2)C1c1ccc(Cl)cc1. The maximum absolute atomic E-state index is 14.4. The summed E-state index contributed by atoms with van der Waals surface area (Å²) in [5.41, 5.74) is 0.725. The molecular weight excluding hydrogens is 559 g/mol. The third-order valence-electron chi connectivity index (χ3n) is 8.33. The highest BCUT2D eigenvalue weighted by Crippen LogP contribution is 2.52. The topological polar surface area (TPSA) is 92.8 Å². The maximum Gasteiger partial charge on any atom is 0.306 e. The predicted octanol–water partition coefficient (Wildman–Crippen LogP) is 5.87. The summed E-state index contributed by atoms with van der Waals surface area (Å²) in [5.74, 6) is -0.922. The first kappa shape index (κ1) is 29.8. The molecule has 212 valence electrons. The quantitative estimate of drug-likeness (QED) is 0.347. The van der Waals surface area contributed by atoms with Crippen molar-refractivity contribution in [2.24, 2.45) is 5.41 Å². The summed E-state index contributed by atoms with van der Waals surface area (Å²) in [6, 6.07) is 14.0. The fourth-order valence-corrected chi connectivity index (χ4v) is 7.33. The highest BCUT2D eigenvalue weighted by molar-refractivity contribution is 7.91. The third-order valence-corrected chi connectivity index (χ3v) is 11.1. The maximum atomic E-state index is 14.4. The minimum Gasteiger partial charge on any atom is -0.469 e. The standard InChI is InChI=1S/C29H36Cl2N2O5S/c1-5-23(18-32-39(36,37)29(3)13-14-29)33-26(19-9-11-21(30)12-10-19)24(20-7-6-8-22(31)15-20)16-28(2,27(33)35)17-25(34)38-4/h6-12,15,23-24,26,32H,5,13-14,16-18H2,1-4H3. The van der Waals surface area contributed by atoms with Gasteiger partial charge in [0.2, 0.25) is 15.9 Å². The number of esters is 1. The second kappa shape index (κ2) is 11.4. The number of halogens is 2. The summed E-state index contributed by atoms with van der Waals surface area (Å²) in [5, 5.41) is 1.14. The van der Waals surface area contributed by atoms with E-state index in [2.05, 4.69) is 4.72 Å². The lowest BCUT2D eigenvalue weighted by atomic mass is 9.67. The smallest absolute Gasteiger partial charge is 0.306 e. The summed E-state index contributed by atoms with van der Waals surface area (Å²) in [4.78, 5) is 28.7. The number of nitrogens with one attached hydrogen (secondary N) is 1. The van der Waals surface area contributed by atoms with E-state index < -0.39 is 38.2 Å². The molecular formula is C29H36Cl2N2O5S. The molecule has 4 atom stereocenters. The highest BCUT2D eigenvalue weighted by atomic mass is 35.5. The minimum absolute atomic E-state index is 0.0703. The molecule has 4 unspecified atom stereocenters. The van der Waals surface area contributed by atoms with Crippen molar-refractivity contribution in [2.45, 2.75) is 75.6 Å². The Bertz CT molecular complexity index is 1330. The number of likely N-dealkylation sites (tertiary alicyclic amines) is 1. The molecule has 0 radical (unpaired) electrons. The summed E-state index contributed by atoms with van der Waals surface area (Å²) in [6.45, 7) is 5.53. The van der Waals surface area contributed by atoms with Gasteiger partial charge < -0.3 is 9.64 Å². The Balaban J connectivity index is 1.83. The number of ether oxygens (including phenoxy) is 1. The molecule has 2 aromatic rings. The summed E-state index contributed by atoms with van der Waals surface area (Å²) in [7, 11) is -2.25. The molecule has 2 fully saturated rings. The molecule has 1 amide bonds. The number of amides is 1. The van der Waals surface area contributed by atoms with E-state index in [1.807, 2.05) is 37.3 Å². The minimum atomic E-state index is -3.56.